The van der Waals surface area contributed by atoms with Crippen LogP contribution in [0.3, 0.4) is 0 Å². The average Bonchev–Trinajstić information content (AvgIpc) is 2.35. The van der Waals surface area contributed by atoms with Gasteiger partial charge in [-0.3, -0.25) is 4.79 Å². The Morgan fingerprint density at radius 2 is 1.94 bits per heavy atom. The number of nitrogens with zero attached hydrogens (tertiary/aromatic N) is 1. The minimum Gasteiger partial charge on any atom is -0.352 e. The van der Waals surface area contributed by atoms with E-state index >= 15 is 0 Å². The monoisotopic (exact) mass is 249 g/mol. The largest absolute Gasteiger partial charge is 0.352 e. The van der Waals surface area contributed by atoms with Crippen molar-refractivity contribution in [2.75, 3.05) is 20.6 Å². The van der Waals surface area contributed by atoms with Gasteiger partial charge in [0.15, 0.2) is 0 Å². The Labute approximate surface area is 109 Å². The van der Waals surface area contributed by atoms with Gasteiger partial charge in [0.1, 0.15) is 0 Å². The molecule has 0 saturated heterocycles. The number of nitrogens with one attached hydrogen (secondary N) is 1. The normalized spacial score (nSPS) is 12.5. The van der Waals surface area contributed by atoms with Crippen molar-refractivity contribution in [2.24, 2.45) is 11.7 Å². The van der Waals surface area contributed by atoms with Gasteiger partial charge < -0.3 is 16.0 Å². The zero-order valence-corrected chi connectivity index (χ0v) is 11.4. The van der Waals surface area contributed by atoms with Crippen LogP contribution >= 0.6 is 0 Å². The molecule has 1 aromatic rings. The molecule has 0 saturated carbocycles. The third-order valence-corrected chi connectivity index (χ3v) is 2.86. The van der Waals surface area contributed by atoms with E-state index in [2.05, 4.69) is 16.3 Å². The van der Waals surface area contributed by atoms with Crippen molar-refractivity contribution >= 4 is 5.91 Å². The molecule has 3 N–H and O–H groups in total. The second-order valence-electron chi connectivity index (χ2n) is 4.86. The Kier molecular flexibility index (Phi) is 5.82. The lowest BCUT2D eigenvalue weighted by Gasteiger charge is -2.15. The van der Waals surface area contributed by atoms with Gasteiger partial charge in [0, 0.05) is 25.6 Å². The van der Waals surface area contributed by atoms with Gasteiger partial charge in [0.05, 0.1) is 0 Å². The molecule has 0 aliphatic rings. The highest BCUT2D eigenvalue weighted by Gasteiger charge is 2.11. The summed E-state index contributed by atoms with van der Waals surface area (Å²) in [4.78, 5) is 13.8. The maximum atomic E-state index is 11.7. The average molecular weight is 249 g/mol. The van der Waals surface area contributed by atoms with Gasteiger partial charge in [0.25, 0.3) is 0 Å². The highest BCUT2D eigenvalue weighted by molar-refractivity contribution is 5.78. The van der Waals surface area contributed by atoms with Gasteiger partial charge >= 0.3 is 0 Å². The number of carbonyl (C=O) groups excluding carboxylic acids is 1. The van der Waals surface area contributed by atoms with Gasteiger partial charge in [-0.25, -0.2) is 0 Å². The Morgan fingerprint density at radius 1 is 1.33 bits per heavy atom. The summed E-state index contributed by atoms with van der Waals surface area (Å²) in [6.45, 7) is 3.65. The Morgan fingerprint density at radius 3 is 2.50 bits per heavy atom. The predicted octanol–water partition coefficient (Wildman–Crippen LogP) is 0.959. The quantitative estimate of drug-likeness (QED) is 0.789. The van der Waals surface area contributed by atoms with Gasteiger partial charge in [-0.2, -0.15) is 0 Å². The molecular weight excluding hydrogens is 226 g/mol. The highest BCUT2D eigenvalue weighted by atomic mass is 16.1. The number of rotatable bonds is 6. The minimum atomic E-state index is -0.133. The van der Waals surface area contributed by atoms with Crippen molar-refractivity contribution in [2.45, 2.75) is 20.0 Å². The molecule has 0 spiro atoms. The topological polar surface area (TPSA) is 58.4 Å². The molecule has 4 nitrogen and oxygen atoms in total. The molecule has 1 rings (SSSR count). The maximum absolute atomic E-state index is 11.7. The molecule has 1 amide bonds. The summed E-state index contributed by atoms with van der Waals surface area (Å²) >= 11 is 0. The molecule has 100 valence electrons. The molecule has 0 aliphatic carbocycles. The van der Waals surface area contributed by atoms with Crippen molar-refractivity contribution in [3.8, 4) is 0 Å². The molecule has 0 fully saturated rings. The minimum absolute atomic E-state index is 0.0113. The van der Waals surface area contributed by atoms with Crippen molar-refractivity contribution in [1.82, 2.24) is 10.2 Å². The van der Waals surface area contributed by atoms with E-state index in [4.69, 9.17) is 5.73 Å². The number of nitrogens with two attached hydrogens (primary N) is 1. The molecule has 4 heteroatoms. The number of carbonyl (C=O) groups is 1. The third-order valence-electron chi connectivity index (χ3n) is 2.86. The lowest BCUT2D eigenvalue weighted by Crippen LogP contribution is -2.33. The van der Waals surface area contributed by atoms with Gasteiger partial charge in [-0.1, -0.05) is 31.2 Å². The summed E-state index contributed by atoms with van der Waals surface area (Å²) in [6, 6.07) is 8.15. The van der Waals surface area contributed by atoms with Crippen LogP contribution in [0, 0.1) is 5.92 Å². The zero-order chi connectivity index (χ0) is 13.5. The van der Waals surface area contributed by atoms with E-state index in [-0.39, 0.29) is 11.8 Å². The van der Waals surface area contributed by atoms with Gasteiger partial charge in [-0.15, -0.1) is 0 Å². The van der Waals surface area contributed by atoms with E-state index in [1.165, 1.54) is 5.56 Å². The summed E-state index contributed by atoms with van der Waals surface area (Å²) in [5, 5.41) is 2.93. The summed E-state index contributed by atoms with van der Waals surface area (Å²) in [6.07, 6.45) is 0. The molecule has 1 atom stereocenters. The summed E-state index contributed by atoms with van der Waals surface area (Å²) in [7, 11) is 4.07. The summed E-state index contributed by atoms with van der Waals surface area (Å²) < 4.78 is 0. The Bertz CT molecular complexity index is 390. The second-order valence-corrected chi connectivity index (χ2v) is 4.86. The fraction of sp³-hybridized carbons (Fsp3) is 0.500. The molecule has 0 aliphatic heterocycles. The van der Waals surface area contributed by atoms with E-state index in [0.717, 1.165) is 12.1 Å². The SMILES string of the molecule is CC(CN)C(=O)NCc1ccccc1CN(C)C. The van der Waals surface area contributed by atoms with Crippen LogP contribution in [-0.4, -0.2) is 31.4 Å². The van der Waals surface area contributed by atoms with Crippen molar-refractivity contribution < 1.29 is 4.79 Å². The molecule has 0 bridgehead atoms. The standard InChI is InChI=1S/C14H23N3O/c1-11(8-15)14(18)16-9-12-6-4-5-7-13(12)10-17(2)3/h4-7,11H,8-10,15H2,1-3H3,(H,16,18). The molecule has 1 unspecified atom stereocenters. The number of benzene rings is 1. The molecule has 0 aromatic heterocycles. The van der Waals surface area contributed by atoms with Crippen LogP contribution in [-0.2, 0) is 17.9 Å². The number of hydrogen-bond acceptors (Lipinski definition) is 3. The van der Waals surface area contributed by atoms with Crippen molar-refractivity contribution in [3.63, 3.8) is 0 Å². The first kappa shape index (κ1) is 14.7. The summed E-state index contributed by atoms with van der Waals surface area (Å²) in [5.41, 5.74) is 7.87. The first-order valence-corrected chi connectivity index (χ1v) is 6.24. The molecule has 1 aromatic carbocycles. The second kappa shape index (κ2) is 7.13. The van der Waals surface area contributed by atoms with Crippen LogP contribution in [0.15, 0.2) is 24.3 Å². The third kappa shape index (κ3) is 4.47. The van der Waals surface area contributed by atoms with Crippen LogP contribution in [0.4, 0.5) is 0 Å². The first-order chi connectivity index (χ1) is 8.54. The van der Waals surface area contributed by atoms with Gasteiger partial charge in [0.2, 0.25) is 5.91 Å². The van der Waals surface area contributed by atoms with Crippen molar-refractivity contribution in [3.05, 3.63) is 35.4 Å². The first-order valence-electron chi connectivity index (χ1n) is 6.24. The number of amides is 1. The van der Waals surface area contributed by atoms with Crippen LogP contribution in [0.25, 0.3) is 0 Å². The molecule has 18 heavy (non-hydrogen) atoms. The smallest absolute Gasteiger partial charge is 0.224 e. The fourth-order valence-electron chi connectivity index (χ4n) is 1.69. The van der Waals surface area contributed by atoms with Crippen LogP contribution in [0.5, 0.6) is 0 Å². The van der Waals surface area contributed by atoms with Crippen LogP contribution in [0.2, 0.25) is 0 Å². The van der Waals surface area contributed by atoms with E-state index in [1.807, 2.05) is 39.2 Å². The lowest BCUT2D eigenvalue weighted by atomic mass is 10.1. The fourth-order valence-corrected chi connectivity index (χ4v) is 1.69. The van der Waals surface area contributed by atoms with E-state index in [9.17, 15) is 4.79 Å². The Balaban J connectivity index is 2.64. The van der Waals surface area contributed by atoms with Gasteiger partial charge in [-0.05, 0) is 25.2 Å². The molecule has 0 radical (unpaired) electrons. The van der Waals surface area contributed by atoms with E-state index in [1.54, 1.807) is 0 Å². The van der Waals surface area contributed by atoms with E-state index in [0.29, 0.717) is 13.1 Å². The predicted molar refractivity (Wildman–Crippen MR) is 73.9 cm³/mol. The Hall–Kier alpha value is -1.39. The molecular formula is C14H23N3O. The number of hydrogen-bond donors (Lipinski definition) is 2. The van der Waals surface area contributed by atoms with E-state index < -0.39 is 0 Å². The maximum Gasteiger partial charge on any atom is 0.224 e. The van der Waals surface area contributed by atoms with Crippen molar-refractivity contribution in [1.29, 1.82) is 0 Å². The lowest BCUT2D eigenvalue weighted by molar-refractivity contribution is -0.124. The van der Waals surface area contributed by atoms with Crippen LogP contribution < -0.4 is 11.1 Å². The zero-order valence-electron chi connectivity index (χ0n) is 11.4. The summed E-state index contributed by atoms with van der Waals surface area (Å²) in [5.74, 6) is -0.122. The molecule has 0 heterocycles. The van der Waals surface area contributed by atoms with Crippen LogP contribution in [0.1, 0.15) is 18.1 Å². The highest BCUT2D eigenvalue weighted by Crippen LogP contribution is 2.10.